The van der Waals surface area contributed by atoms with Crippen LogP contribution in [-0.4, -0.2) is 34.6 Å². The molecule has 10 heteroatoms. The van der Waals surface area contributed by atoms with Crippen molar-refractivity contribution in [3.05, 3.63) is 92.1 Å². The Balaban J connectivity index is 1.53. The number of fused-ring (bicyclic) bond motifs is 2. The van der Waals surface area contributed by atoms with Gasteiger partial charge >= 0.3 is 5.97 Å². The Labute approximate surface area is 230 Å². The molecule has 0 bridgehead atoms. The highest BCUT2D eigenvalue weighted by Gasteiger charge is 2.18. The van der Waals surface area contributed by atoms with Crippen LogP contribution in [0.15, 0.2) is 85.5 Å². The molecule has 0 aliphatic carbocycles. The highest BCUT2D eigenvalue weighted by atomic mass is 79.9. The van der Waals surface area contributed by atoms with Gasteiger partial charge in [-0.05, 0) is 89.9 Å². The van der Waals surface area contributed by atoms with Gasteiger partial charge in [-0.2, -0.15) is 9.78 Å². The molecule has 0 radical (unpaired) electrons. The Bertz CT molecular complexity index is 1760. The number of benzene rings is 3. The predicted octanol–water partition coefficient (Wildman–Crippen LogP) is 6.44. The molecule has 0 aliphatic heterocycles. The second-order valence-corrected chi connectivity index (χ2v) is 9.60. The molecule has 0 saturated heterocycles. The third-order valence-electron chi connectivity index (χ3n) is 5.65. The van der Waals surface area contributed by atoms with Gasteiger partial charge < -0.3 is 13.9 Å². The molecular formula is C28H21BrClN3O5. The van der Waals surface area contributed by atoms with Crippen molar-refractivity contribution in [2.24, 2.45) is 5.10 Å². The first-order chi connectivity index (χ1) is 18.3. The van der Waals surface area contributed by atoms with Crippen molar-refractivity contribution in [3.8, 4) is 17.3 Å². The molecule has 0 N–H and O–H groups in total. The highest BCUT2D eigenvalue weighted by molar-refractivity contribution is 9.10. The number of hydrogen-bond acceptors (Lipinski definition) is 7. The number of halogens is 2. The van der Waals surface area contributed by atoms with E-state index in [9.17, 15) is 9.59 Å². The van der Waals surface area contributed by atoms with Gasteiger partial charge in [0.25, 0.3) is 5.56 Å². The Morgan fingerprint density at radius 1 is 1.18 bits per heavy atom. The van der Waals surface area contributed by atoms with E-state index >= 15 is 0 Å². The van der Waals surface area contributed by atoms with Crippen LogP contribution in [0.1, 0.15) is 19.4 Å². The van der Waals surface area contributed by atoms with Crippen molar-refractivity contribution < 1.29 is 18.7 Å². The average Bonchev–Trinajstić information content (AvgIpc) is 3.32. The van der Waals surface area contributed by atoms with E-state index in [1.54, 1.807) is 74.5 Å². The van der Waals surface area contributed by atoms with Crippen LogP contribution in [-0.2, 0) is 9.53 Å². The van der Waals surface area contributed by atoms with Crippen LogP contribution in [0.4, 0.5) is 0 Å². The van der Waals surface area contributed by atoms with Crippen LogP contribution < -0.4 is 10.3 Å². The van der Waals surface area contributed by atoms with E-state index in [-0.39, 0.29) is 18.0 Å². The fourth-order valence-electron chi connectivity index (χ4n) is 3.83. The van der Waals surface area contributed by atoms with Gasteiger partial charge in [-0.25, -0.2) is 9.78 Å². The summed E-state index contributed by atoms with van der Waals surface area (Å²) in [5.41, 5.74) is 1.47. The third-order valence-corrected chi connectivity index (χ3v) is 6.51. The molecule has 2 heterocycles. The Kier molecular flexibility index (Phi) is 7.31. The summed E-state index contributed by atoms with van der Waals surface area (Å²) in [6.45, 7) is 3.63. The molecule has 3 aromatic carbocycles. The largest absolute Gasteiger partial charge is 0.478 e. The van der Waals surface area contributed by atoms with Gasteiger partial charge in [-0.3, -0.25) is 4.79 Å². The SMILES string of the molecule is CCOC(=O)[C@H](C)Oc1ccc(C=Nn2c(-c3cc4cc(Cl)ccc4o3)nc3ccccc3c2=O)cc1Br. The summed E-state index contributed by atoms with van der Waals surface area (Å²) in [6, 6.07) is 19.3. The number of hydrogen-bond donors (Lipinski definition) is 0. The average molecular weight is 595 g/mol. The summed E-state index contributed by atoms with van der Waals surface area (Å²) in [6.07, 6.45) is 0.763. The number of ether oxygens (including phenoxy) is 2. The lowest BCUT2D eigenvalue weighted by atomic mass is 10.2. The molecule has 8 nitrogen and oxygen atoms in total. The molecule has 1 atom stereocenters. The topological polar surface area (TPSA) is 95.9 Å². The van der Waals surface area contributed by atoms with E-state index in [4.69, 9.17) is 25.5 Å². The van der Waals surface area contributed by atoms with Gasteiger partial charge in [0.15, 0.2) is 11.9 Å². The molecule has 0 spiro atoms. The molecular weight excluding hydrogens is 574 g/mol. The second kappa shape index (κ2) is 10.8. The normalized spacial score (nSPS) is 12.3. The molecule has 5 rings (SSSR count). The molecule has 0 fully saturated rings. The number of aromatic nitrogens is 2. The minimum absolute atomic E-state index is 0.250. The maximum Gasteiger partial charge on any atom is 0.347 e. The fourth-order valence-corrected chi connectivity index (χ4v) is 4.50. The smallest absolute Gasteiger partial charge is 0.347 e. The first-order valence-electron chi connectivity index (χ1n) is 11.7. The molecule has 0 saturated carbocycles. The second-order valence-electron chi connectivity index (χ2n) is 8.31. The lowest BCUT2D eigenvalue weighted by Crippen LogP contribution is -2.26. The maximum absolute atomic E-state index is 13.4. The minimum atomic E-state index is -0.769. The van der Waals surface area contributed by atoms with Crippen molar-refractivity contribution in [1.29, 1.82) is 0 Å². The Morgan fingerprint density at radius 2 is 2.00 bits per heavy atom. The molecule has 5 aromatic rings. The summed E-state index contributed by atoms with van der Waals surface area (Å²) in [5.74, 6) is 0.641. The molecule has 0 unspecified atom stereocenters. The number of carbonyl (C=O) groups excluding carboxylic acids is 1. The van der Waals surface area contributed by atoms with Crippen molar-refractivity contribution >= 4 is 61.6 Å². The van der Waals surface area contributed by atoms with Gasteiger partial charge in [-0.15, -0.1) is 0 Å². The number of carbonyl (C=O) groups is 1. The van der Waals surface area contributed by atoms with Crippen LogP contribution in [0.2, 0.25) is 5.02 Å². The van der Waals surface area contributed by atoms with Crippen LogP contribution in [0.25, 0.3) is 33.5 Å². The van der Waals surface area contributed by atoms with Gasteiger partial charge in [0.05, 0.1) is 28.2 Å². The van der Waals surface area contributed by atoms with E-state index in [0.717, 1.165) is 5.39 Å². The number of furan rings is 1. The van der Waals surface area contributed by atoms with Crippen molar-refractivity contribution in [3.63, 3.8) is 0 Å². The highest BCUT2D eigenvalue weighted by Crippen LogP contribution is 2.30. The summed E-state index contributed by atoms with van der Waals surface area (Å²) < 4.78 is 18.5. The van der Waals surface area contributed by atoms with Gasteiger partial charge in [0, 0.05) is 10.4 Å². The zero-order valence-electron chi connectivity index (χ0n) is 20.4. The predicted molar refractivity (Wildman–Crippen MR) is 150 cm³/mol. The first kappa shape index (κ1) is 25.7. The summed E-state index contributed by atoms with van der Waals surface area (Å²) >= 11 is 9.60. The van der Waals surface area contributed by atoms with Crippen molar-refractivity contribution in [2.75, 3.05) is 6.61 Å². The van der Waals surface area contributed by atoms with Crippen LogP contribution in [0.3, 0.4) is 0 Å². The summed E-state index contributed by atoms with van der Waals surface area (Å²) in [7, 11) is 0. The van der Waals surface area contributed by atoms with Crippen LogP contribution in [0.5, 0.6) is 5.75 Å². The molecule has 192 valence electrons. The monoisotopic (exact) mass is 593 g/mol. The van der Waals surface area contributed by atoms with Crippen LogP contribution >= 0.6 is 27.5 Å². The first-order valence-corrected chi connectivity index (χ1v) is 12.9. The third kappa shape index (κ3) is 5.20. The number of nitrogens with zero attached hydrogens (tertiary/aromatic N) is 3. The van der Waals surface area contributed by atoms with E-state index in [0.29, 0.717) is 43.1 Å². The summed E-state index contributed by atoms with van der Waals surface area (Å²) in [4.78, 5) is 30.0. The van der Waals surface area contributed by atoms with Crippen molar-refractivity contribution in [2.45, 2.75) is 20.0 Å². The zero-order valence-corrected chi connectivity index (χ0v) is 22.7. The van der Waals surface area contributed by atoms with Gasteiger partial charge in [0.1, 0.15) is 11.3 Å². The van der Waals surface area contributed by atoms with Gasteiger partial charge in [-0.1, -0.05) is 23.7 Å². The Hall–Kier alpha value is -3.95. The van der Waals surface area contributed by atoms with E-state index < -0.39 is 12.1 Å². The summed E-state index contributed by atoms with van der Waals surface area (Å²) in [5, 5.41) is 6.24. The van der Waals surface area contributed by atoms with E-state index in [1.165, 1.54) is 10.9 Å². The Morgan fingerprint density at radius 3 is 2.79 bits per heavy atom. The lowest BCUT2D eigenvalue weighted by Gasteiger charge is -2.14. The van der Waals surface area contributed by atoms with Crippen LogP contribution in [0, 0.1) is 0 Å². The maximum atomic E-state index is 13.4. The minimum Gasteiger partial charge on any atom is -0.478 e. The van der Waals surface area contributed by atoms with E-state index in [2.05, 4.69) is 26.0 Å². The fraction of sp³-hybridized carbons (Fsp3) is 0.143. The quantitative estimate of drug-likeness (QED) is 0.159. The molecule has 2 aromatic heterocycles. The number of para-hydroxylation sites is 1. The number of esters is 1. The molecule has 0 aliphatic rings. The van der Waals surface area contributed by atoms with E-state index in [1.807, 2.05) is 6.07 Å². The molecule has 0 amide bonds. The molecule has 38 heavy (non-hydrogen) atoms. The number of rotatable bonds is 7. The van der Waals surface area contributed by atoms with Gasteiger partial charge in [0.2, 0.25) is 5.82 Å². The lowest BCUT2D eigenvalue weighted by molar-refractivity contribution is -0.150. The van der Waals surface area contributed by atoms with Crippen molar-refractivity contribution in [1.82, 2.24) is 9.66 Å². The standard InChI is InChI=1S/C28H21BrClN3O5/c1-3-36-28(35)16(2)37-24-10-8-17(12-21(24)29)15-31-33-26(32-22-7-5-4-6-20(22)27(33)34)25-14-18-13-19(30)9-11-23(18)38-25/h4-16H,3H2,1-2H3/t16-/m0/s1. The zero-order chi connectivity index (χ0) is 26.8.